The minimum Gasteiger partial charge on any atom is -0.459 e. The second-order valence-corrected chi connectivity index (χ2v) is 5.60. The smallest absolute Gasteiger partial charge is 0.291 e. The molecule has 5 nitrogen and oxygen atoms in total. The molecular weight excluding hydrogens is 337 g/mol. The molecule has 2 heterocycles. The van der Waals surface area contributed by atoms with Crippen LogP contribution in [0.2, 0.25) is 0 Å². The van der Waals surface area contributed by atoms with Crippen LogP contribution < -0.4 is 10.7 Å². The highest BCUT2D eigenvalue weighted by molar-refractivity contribution is 6.03. The van der Waals surface area contributed by atoms with Crippen molar-refractivity contribution in [3.05, 3.63) is 88.7 Å². The maximum Gasteiger partial charge on any atom is 0.291 e. The molecule has 0 unspecified atom stereocenters. The molecule has 2 aromatic carbocycles. The van der Waals surface area contributed by atoms with Gasteiger partial charge in [0.25, 0.3) is 5.91 Å². The Bertz CT molecular complexity index is 1160. The fourth-order valence-electron chi connectivity index (χ4n) is 2.63. The minimum absolute atomic E-state index is 0.146. The van der Waals surface area contributed by atoms with Crippen molar-refractivity contribution < 1.29 is 18.0 Å². The van der Waals surface area contributed by atoms with E-state index in [0.717, 1.165) is 0 Å². The average Bonchev–Trinajstić information content (AvgIpc) is 3.17. The van der Waals surface area contributed by atoms with E-state index in [-0.39, 0.29) is 27.9 Å². The van der Waals surface area contributed by atoms with Crippen molar-refractivity contribution in [3.63, 3.8) is 0 Å². The maximum atomic E-state index is 13.9. The molecule has 2 aromatic heterocycles. The molecule has 0 atom stereocenters. The van der Waals surface area contributed by atoms with E-state index in [1.165, 1.54) is 36.6 Å². The lowest BCUT2D eigenvalue weighted by Gasteiger charge is -2.07. The predicted octanol–water partition coefficient (Wildman–Crippen LogP) is 4.44. The van der Waals surface area contributed by atoms with Gasteiger partial charge in [-0.1, -0.05) is 12.1 Å². The number of fused-ring (bicyclic) bond motifs is 1. The molecule has 4 rings (SSSR count). The zero-order valence-corrected chi connectivity index (χ0v) is 13.4. The first-order valence-corrected chi connectivity index (χ1v) is 7.79. The first-order chi connectivity index (χ1) is 12.6. The maximum absolute atomic E-state index is 13.9. The first-order valence-electron chi connectivity index (χ1n) is 7.79. The van der Waals surface area contributed by atoms with Crippen molar-refractivity contribution in [1.29, 1.82) is 0 Å². The highest BCUT2D eigenvalue weighted by Gasteiger charge is 2.13. The molecule has 0 aliphatic heterocycles. The van der Waals surface area contributed by atoms with Gasteiger partial charge in [0.05, 0.1) is 17.2 Å². The third kappa shape index (κ3) is 2.88. The van der Waals surface area contributed by atoms with Crippen molar-refractivity contribution >= 4 is 22.6 Å². The summed E-state index contributed by atoms with van der Waals surface area (Å²) >= 11 is 0. The summed E-state index contributed by atoms with van der Waals surface area (Å²) in [4.78, 5) is 24.5. The highest BCUT2D eigenvalue weighted by Crippen LogP contribution is 2.26. The molecule has 0 saturated carbocycles. The van der Waals surface area contributed by atoms with Crippen molar-refractivity contribution in [2.45, 2.75) is 0 Å². The molecule has 0 aliphatic carbocycles. The van der Waals surface area contributed by atoms with Gasteiger partial charge in [-0.25, -0.2) is 4.39 Å². The molecule has 0 bridgehead atoms. The van der Waals surface area contributed by atoms with E-state index in [2.05, 4.69) is 5.32 Å². The van der Waals surface area contributed by atoms with Gasteiger partial charge in [0, 0.05) is 11.8 Å². The summed E-state index contributed by atoms with van der Waals surface area (Å²) in [6.45, 7) is 0. The molecule has 128 valence electrons. The second-order valence-electron chi connectivity index (χ2n) is 5.60. The van der Waals surface area contributed by atoms with Crippen LogP contribution in [0.25, 0.3) is 22.3 Å². The molecule has 1 N–H and O–H groups in total. The monoisotopic (exact) mass is 349 g/mol. The number of anilines is 1. The fourth-order valence-corrected chi connectivity index (χ4v) is 2.63. The number of hydrogen-bond acceptors (Lipinski definition) is 4. The Morgan fingerprint density at radius 3 is 2.62 bits per heavy atom. The van der Waals surface area contributed by atoms with E-state index in [1.54, 1.807) is 30.3 Å². The van der Waals surface area contributed by atoms with Gasteiger partial charge >= 0.3 is 0 Å². The molecular formula is C20H12FNO4. The number of amides is 1. The number of carbonyl (C=O) groups is 1. The van der Waals surface area contributed by atoms with Crippen molar-refractivity contribution in [2.24, 2.45) is 0 Å². The molecule has 1 amide bonds. The first kappa shape index (κ1) is 15.8. The number of furan rings is 1. The van der Waals surface area contributed by atoms with Crippen LogP contribution in [0.3, 0.4) is 0 Å². The van der Waals surface area contributed by atoms with Crippen molar-refractivity contribution in [3.8, 4) is 11.3 Å². The summed E-state index contributed by atoms with van der Waals surface area (Å²) in [6, 6.07) is 15.1. The number of nitrogens with one attached hydrogen (secondary N) is 1. The van der Waals surface area contributed by atoms with Crippen LogP contribution >= 0.6 is 0 Å². The summed E-state index contributed by atoms with van der Waals surface area (Å²) in [7, 11) is 0. The SMILES string of the molecule is O=C(Nc1ccc2oc(-c3ccccc3F)cc(=O)c2c1)c1ccco1. The third-order valence-electron chi connectivity index (χ3n) is 3.87. The third-order valence-corrected chi connectivity index (χ3v) is 3.87. The van der Waals surface area contributed by atoms with Crippen LogP contribution in [0.15, 0.2) is 80.6 Å². The standard InChI is InChI=1S/C20H12FNO4/c21-15-5-2-1-4-13(15)19-11-16(23)14-10-12(7-8-17(14)26-19)22-20(24)18-6-3-9-25-18/h1-11H,(H,22,24). The number of benzene rings is 2. The average molecular weight is 349 g/mol. The summed E-state index contributed by atoms with van der Waals surface area (Å²) in [5, 5.41) is 2.93. The van der Waals surface area contributed by atoms with Gasteiger partial charge in [0.1, 0.15) is 17.2 Å². The number of rotatable bonds is 3. The van der Waals surface area contributed by atoms with E-state index in [4.69, 9.17) is 8.83 Å². The van der Waals surface area contributed by atoms with Crippen molar-refractivity contribution in [2.75, 3.05) is 5.32 Å². The van der Waals surface area contributed by atoms with Crippen molar-refractivity contribution in [1.82, 2.24) is 0 Å². The largest absolute Gasteiger partial charge is 0.459 e. The van der Waals surface area contributed by atoms with Gasteiger partial charge in [-0.15, -0.1) is 0 Å². The van der Waals surface area contributed by atoms with E-state index < -0.39 is 11.7 Å². The van der Waals surface area contributed by atoms with Gasteiger partial charge in [-0.2, -0.15) is 0 Å². The Kier molecular flexibility index (Phi) is 3.85. The molecule has 0 aliphatic rings. The molecule has 4 aromatic rings. The van der Waals surface area contributed by atoms with E-state index in [1.807, 2.05) is 0 Å². The lowest BCUT2D eigenvalue weighted by molar-refractivity contribution is 0.0996. The molecule has 26 heavy (non-hydrogen) atoms. The van der Waals surface area contributed by atoms with Crippen LogP contribution in [0.5, 0.6) is 0 Å². The van der Waals surface area contributed by atoms with Gasteiger partial charge in [0.2, 0.25) is 0 Å². The molecule has 6 heteroatoms. The molecule has 0 spiro atoms. The molecule has 0 radical (unpaired) electrons. The van der Waals surface area contributed by atoms with E-state index >= 15 is 0 Å². The topological polar surface area (TPSA) is 72.5 Å². The molecule has 0 fully saturated rings. The van der Waals surface area contributed by atoms with Gasteiger partial charge < -0.3 is 14.2 Å². The summed E-state index contributed by atoms with van der Waals surface area (Å²) in [5.74, 6) is -0.598. The Morgan fingerprint density at radius 1 is 1.00 bits per heavy atom. The van der Waals surface area contributed by atoms with Crippen LogP contribution in [0.1, 0.15) is 10.6 Å². The van der Waals surface area contributed by atoms with Gasteiger partial charge in [0.15, 0.2) is 11.2 Å². The Balaban J connectivity index is 1.73. The molecule has 0 saturated heterocycles. The number of hydrogen-bond donors (Lipinski definition) is 1. The fraction of sp³-hybridized carbons (Fsp3) is 0. The summed E-state index contributed by atoms with van der Waals surface area (Å²) in [6.07, 6.45) is 1.40. The lowest BCUT2D eigenvalue weighted by atomic mass is 10.1. The minimum atomic E-state index is -0.475. The quantitative estimate of drug-likeness (QED) is 0.593. The van der Waals surface area contributed by atoms with Crippen LogP contribution in [0.4, 0.5) is 10.1 Å². The predicted molar refractivity (Wildman–Crippen MR) is 94.5 cm³/mol. The number of carbonyl (C=O) groups excluding carboxylic acids is 1. The van der Waals surface area contributed by atoms with E-state index in [0.29, 0.717) is 11.3 Å². The van der Waals surface area contributed by atoms with Gasteiger partial charge in [-0.3, -0.25) is 9.59 Å². The van der Waals surface area contributed by atoms with E-state index in [9.17, 15) is 14.0 Å². The van der Waals surface area contributed by atoms with Crippen LogP contribution in [-0.2, 0) is 0 Å². The normalized spacial score (nSPS) is 10.8. The highest BCUT2D eigenvalue weighted by atomic mass is 19.1. The Morgan fingerprint density at radius 2 is 1.85 bits per heavy atom. The van der Waals surface area contributed by atoms with Gasteiger partial charge in [-0.05, 0) is 42.5 Å². The Hall–Kier alpha value is -3.67. The number of halogens is 1. The van der Waals surface area contributed by atoms with Crippen LogP contribution in [0, 0.1) is 5.82 Å². The zero-order valence-electron chi connectivity index (χ0n) is 13.4. The lowest BCUT2D eigenvalue weighted by Crippen LogP contribution is -2.11. The van der Waals surface area contributed by atoms with Crippen LogP contribution in [-0.4, -0.2) is 5.91 Å². The summed E-state index contributed by atoms with van der Waals surface area (Å²) in [5.41, 5.74) is 0.594. The Labute approximate surface area is 146 Å². The zero-order chi connectivity index (χ0) is 18.1. The second kappa shape index (κ2) is 6.33. The summed E-state index contributed by atoms with van der Waals surface area (Å²) < 4.78 is 24.6.